The number of carbonyl (C=O) groups is 2. The van der Waals surface area contributed by atoms with Crippen molar-refractivity contribution >= 4 is 17.5 Å². The van der Waals surface area contributed by atoms with Crippen molar-refractivity contribution in [1.82, 2.24) is 4.90 Å². The summed E-state index contributed by atoms with van der Waals surface area (Å²) >= 11 is 0. The van der Waals surface area contributed by atoms with Crippen LogP contribution in [0.25, 0.3) is 0 Å². The van der Waals surface area contributed by atoms with Crippen molar-refractivity contribution in [1.29, 1.82) is 0 Å². The van der Waals surface area contributed by atoms with Gasteiger partial charge in [-0.05, 0) is 42.2 Å². The van der Waals surface area contributed by atoms with Crippen LogP contribution in [-0.4, -0.2) is 27.4 Å². The van der Waals surface area contributed by atoms with Gasteiger partial charge in [0.05, 0.1) is 17.1 Å². The van der Waals surface area contributed by atoms with E-state index < -0.39 is 11.5 Å². The molecule has 3 aromatic rings. The monoisotopic (exact) mass is 426 g/mol. The molecule has 32 heavy (non-hydrogen) atoms. The van der Waals surface area contributed by atoms with E-state index in [1.165, 1.54) is 0 Å². The van der Waals surface area contributed by atoms with Gasteiger partial charge in [0.1, 0.15) is 5.75 Å². The number of phenolic OH excluding ortho intramolecular Hbond substituents is 1. The smallest absolute Gasteiger partial charge is 0.254 e. The minimum absolute atomic E-state index is 0.0158. The number of carbonyl (C=O) groups excluding carboxylic acids is 2. The molecule has 0 radical (unpaired) electrons. The molecule has 1 saturated carbocycles. The second kappa shape index (κ2) is 8.15. The Morgan fingerprint density at radius 3 is 2.34 bits per heavy atom. The highest BCUT2D eigenvalue weighted by atomic mass is 16.3. The van der Waals surface area contributed by atoms with Crippen LogP contribution in [0.5, 0.6) is 5.75 Å². The fourth-order valence-electron chi connectivity index (χ4n) is 5.45. The van der Waals surface area contributed by atoms with Gasteiger partial charge in [-0.3, -0.25) is 9.59 Å². The predicted molar refractivity (Wildman–Crippen MR) is 123 cm³/mol. The average Bonchev–Trinajstić information content (AvgIpc) is 3.29. The highest BCUT2D eigenvalue weighted by Gasteiger charge is 2.55. The summed E-state index contributed by atoms with van der Waals surface area (Å²) in [6.07, 6.45) is 3.50. The van der Waals surface area contributed by atoms with Gasteiger partial charge in [-0.25, -0.2) is 0 Å². The molecule has 162 valence electrons. The molecule has 0 bridgehead atoms. The lowest BCUT2D eigenvalue weighted by Gasteiger charge is -2.50. The van der Waals surface area contributed by atoms with Gasteiger partial charge in [-0.15, -0.1) is 0 Å². The Morgan fingerprint density at radius 2 is 1.59 bits per heavy atom. The van der Waals surface area contributed by atoms with E-state index in [1.54, 1.807) is 24.3 Å². The molecule has 2 N–H and O–H groups in total. The molecule has 0 saturated heterocycles. The number of nitrogens with one attached hydrogen (secondary N) is 1. The molecule has 1 aliphatic heterocycles. The minimum Gasteiger partial charge on any atom is -0.506 e. The van der Waals surface area contributed by atoms with Gasteiger partial charge in [0.2, 0.25) is 5.91 Å². The molecule has 0 unspecified atom stereocenters. The van der Waals surface area contributed by atoms with Crippen LogP contribution in [0.15, 0.2) is 78.9 Å². The third kappa shape index (κ3) is 3.34. The van der Waals surface area contributed by atoms with Crippen molar-refractivity contribution in [3.8, 4) is 5.75 Å². The summed E-state index contributed by atoms with van der Waals surface area (Å²) in [5.74, 6) is -0.686. The first-order chi connectivity index (χ1) is 15.6. The van der Waals surface area contributed by atoms with E-state index in [2.05, 4.69) is 5.32 Å². The fourth-order valence-corrected chi connectivity index (χ4v) is 5.45. The van der Waals surface area contributed by atoms with Crippen LogP contribution >= 0.6 is 0 Å². The normalized spacial score (nSPS) is 19.1. The summed E-state index contributed by atoms with van der Waals surface area (Å²) in [6.45, 7) is 0.467. The molecule has 5 rings (SSSR count). The average molecular weight is 427 g/mol. The van der Waals surface area contributed by atoms with Crippen molar-refractivity contribution in [2.45, 2.75) is 43.7 Å². The molecular formula is C27H26N2O3. The predicted octanol–water partition coefficient (Wildman–Crippen LogP) is 5.08. The Hall–Kier alpha value is -3.60. The Morgan fingerprint density at radius 1 is 0.938 bits per heavy atom. The van der Waals surface area contributed by atoms with Crippen LogP contribution in [0, 0.1) is 0 Å². The molecule has 2 aliphatic rings. The first-order valence-corrected chi connectivity index (χ1v) is 11.1. The summed E-state index contributed by atoms with van der Waals surface area (Å²) in [5, 5.41) is 13.2. The van der Waals surface area contributed by atoms with E-state index in [1.807, 2.05) is 59.5 Å². The van der Waals surface area contributed by atoms with Gasteiger partial charge in [-0.1, -0.05) is 73.5 Å². The quantitative estimate of drug-likeness (QED) is 0.572. The molecule has 1 atom stereocenters. The van der Waals surface area contributed by atoms with Gasteiger partial charge in [0, 0.05) is 12.1 Å². The molecule has 2 amide bonds. The van der Waals surface area contributed by atoms with Crippen molar-refractivity contribution in [3.63, 3.8) is 0 Å². The van der Waals surface area contributed by atoms with Crippen molar-refractivity contribution in [3.05, 3.63) is 95.6 Å². The standard InChI is InChI=1S/C27H26N2O3/c30-23-15-7-6-14-22(23)28-25(31)24-20-12-4-5-13-21(20)26(32)29(27(24)16-8-9-17-27)18-19-10-2-1-3-11-19/h1-7,10-15,24,30H,8-9,16-18H2,(H,28,31)/t24-/m1/s1. The molecule has 3 aromatic carbocycles. The van der Waals surface area contributed by atoms with Crippen molar-refractivity contribution < 1.29 is 14.7 Å². The number of phenols is 1. The van der Waals surface area contributed by atoms with Crippen LogP contribution in [0.4, 0.5) is 5.69 Å². The lowest BCUT2D eigenvalue weighted by molar-refractivity contribution is -0.121. The van der Waals surface area contributed by atoms with E-state index in [0.717, 1.165) is 36.8 Å². The summed E-state index contributed by atoms with van der Waals surface area (Å²) in [5.41, 5.74) is 2.20. The molecule has 1 fully saturated rings. The maximum absolute atomic E-state index is 13.8. The molecular weight excluding hydrogens is 400 g/mol. The Balaban J connectivity index is 1.61. The topological polar surface area (TPSA) is 69.6 Å². The molecule has 5 nitrogen and oxygen atoms in total. The number of benzene rings is 3. The number of fused-ring (bicyclic) bond motifs is 1. The largest absolute Gasteiger partial charge is 0.506 e. The number of anilines is 1. The van der Waals surface area contributed by atoms with E-state index >= 15 is 0 Å². The van der Waals surface area contributed by atoms with Gasteiger partial charge >= 0.3 is 0 Å². The Kier molecular flexibility index (Phi) is 5.17. The Labute approximate surface area is 187 Å². The van der Waals surface area contributed by atoms with Crippen LogP contribution in [0.1, 0.15) is 53.1 Å². The number of rotatable bonds is 4. The lowest BCUT2D eigenvalue weighted by atomic mass is 9.71. The second-order valence-corrected chi connectivity index (χ2v) is 8.71. The number of para-hydroxylation sites is 2. The van der Waals surface area contributed by atoms with Gasteiger partial charge in [0.25, 0.3) is 5.91 Å². The van der Waals surface area contributed by atoms with E-state index in [-0.39, 0.29) is 17.6 Å². The number of nitrogens with zero attached hydrogens (tertiary/aromatic N) is 1. The van der Waals surface area contributed by atoms with E-state index in [4.69, 9.17) is 0 Å². The zero-order valence-electron chi connectivity index (χ0n) is 17.8. The van der Waals surface area contributed by atoms with Gasteiger partial charge in [0.15, 0.2) is 0 Å². The maximum atomic E-state index is 13.8. The highest BCUT2D eigenvalue weighted by molar-refractivity contribution is 6.05. The first kappa shape index (κ1) is 20.3. The molecule has 0 aromatic heterocycles. The van der Waals surface area contributed by atoms with Crippen LogP contribution in [-0.2, 0) is 11.3 Å². The zero-order chi connectivity index (χ0) is 22.1. The number of aromatic hydroxyl groups is 1. The van der Waals surface area contributed by atoms with Crippen LogP contribution in [0.3, 0.4) is 0 Å². The van der Waals surface area contributed by atoms with Gasteiger partial charge in [-0.2, -0.15) is 0 Å². The summed E-state index contributed by atoms with van der Waals surface area (Å²) < 4.78 is 0. The second-order valence-electron chi connectivity index (χ2n) is 8.71. The van der Waals surface area contributed by atoms with Crippen molar-refractivity contribution in [2.75, 3.05) is 5.32 Å². The zero-order valence-corrected chi connectivity index (χ0v) is 17.8. The van der Waals surface area contributed by atoms with E-state index in [0.29, 0.717) is 17.8 Å². The van der Waals surface area contributed by atoms with Crippen LogP contribution < -0.4 is 5.32 Å². The molecule has 1 heterocycles. The maximum Gasteiger partial charge on any atom is 0.254 e. The van der Waals surface area contributed by atoms with Crippen molar-refractivity contribution in [2.24, 2.45) is 0 Å². The third-order valence-corrected chi connectivity index (χ3v) is 6.90. The third-order valence-electron chi connectivity index (χ3n) is 6.90. The number of hydrogen-bond donors (Lipinski definition) is 2. The fraction of sp³-hybridized carbons (Fsp3) is 0.259. The number of amides is 2. The summed E-state index contributed by atoms with van der Waals surface area (Å²) in [4.78, 5) is 29.4. The minimum atomic E-state index is -0.588. The Bertz CT molecular complexity index is 1150. The van der Waals surface area contributed by atoms with Crippen LogP contribution in [0.2, 0.25) is 0 Å². The molecule has 1 aliphatic carbocycles. The lowest BCUT2D eigenvalue weighted by Crippen LogP contribution is -2.59. The first-order valence-electron chi connectivity index (χ1n) is 11.1. The number of hydrogen-bond acceptors (Lipinski definition) is 3. The molecule has 5 heteroatoms. The molecule has 1 spiro atoms. The van der Waals surface area contributed by atoms with E-state index in [9.17, 15) is 14.7 Å². The summed E-state index contributed by atoms with van der Waals surface area (Å²) in [7, 11) is 0. The highest BCUT2D eigenvalue weighted by Crippen LogP contribution is 2.51. The van der Waals surface area contributed by atoms with Gasteiger partial charge < -0.3 is 15.3 Å². The SMILES string of the molecule is O=C(Nc1ccccc1O)[C@H]1c2ccccc2C(=O)N(Cc2ccccc2)C12CCCC2. The summed E-state index contributed by atoms with van der Waals surface area (Å²) in [6, 6.07) is 24.2.